The van der Waals surface area contributed by atoms with Gasteiger partial charge in [0.25, 0.3) is 0 Å². The van der Waals surface area contributed by atoms with Crippen molar-refractivity contribution < 1.29 is 17.6 Å². The first-order valence-corrected chi connectivity index (χ1v) is 10.9. The molecule has 1 N–H and O–H groups in total. The van der Waals surface area contributed by atoms with Gasteiger partial charge in [-0.15, -0.1) is 0 Å². The zero-order valence-electron chi connectivity index (χ0n) is 15.2. The van der Waals surface area contributed by atoms with Crippen LogP contribution in [0.15, 0.2) is 18.2 Å². The third-order valence-corrected chi connectivity index (χ3v) is 7.47. The second kappa shape index (κ2) is 8.15. The Morgan fingerprint density at radius 2 is 1.96 bits per heavy atom. The Morgan fingerprint density at radius 3 is 2.62 bits per heavy atom. The Morgan fingerprint density at radius 1 is 1.23 bits per heavy atom. The maximum atomic E-state index is 14.1. The average molecular weight is 383 g/mol. The Balaban J connectivity index is 1.67. The number of nitrogens with one attached hydrogen (secondary N) is 1. The number of carbonyl (C=O) groups excluding carboxylic acids is 1. The van der Waals surface area contributed by atoms with Crippen molar-refractivity contribution in [2.45, 2.75) is 49.7 Å². The van der Waals surface area contributed by atoms with E-state index in [1.807, 2.05) is 7.05 Å². The zero-order valence-corrected chi connectivity index (χ0v) is 16.0. The highest BCUT2D eigenvalue weighted by atomic mass is 32.2. The van der Waals surface area contributed by atoms with E-state index in [4.69, 9.17) is 0 Å². The van der Waals surface area contributed by atoms with E-state index in [9.17, 15) is 17.6 Å². The number of Topliss-reactive ketones (excluding diaryl/α,β-unsaturated/α-hetero) is 1. The van der Waals surface area contributed by atoms with Crippen LogP contribution in [-0.2, 0) is 10.0 Å². The van der Waals surface area contributed by atoms with Gasteiger partial charge in [-0.3, -0.25) is 4.79 Å². The molecule has 1 aliphatic heterocycles. The molecule has 144 valence electrons. The highest BCUT2D eigenvalue weighted by Crippen LogP contribution is 2.28. The Bertz CT molecular complexity index is 760. The van der Waals surface area contributed by atoms with E-state index in [-0.39, 0.29) is 18.0 Å². The predicted molar refractivity (Wildman–Crippen MR) is 99.4 cm³/mol. The fourth-order valence-corrected chi connectivity index (χ4v) is 5.49. The molecule has 0 amide bonds. The number of likely N-dealkylation sites (tertiary alicyclic amines) is 1. The maximum absolute atomic E-state index is 14.1. The van der Waals surface area contributed by atoms with Gasteiger partial charge in [-0.1, -0.05) is 25.3 Å². The van der Waals surface area contributed by atoms with Crippen molar-refractivity contribution in [3.8, 4) is 0 Å². The van der Waals surface area contributed by atoms with Crippen molar-refractivity contribution in [3.63, 3.8) is 0 Å². The highest BCUT2D eigenvalue weighted by Gasteiger charge is 2.28. The van der Waals surface area contributed by atoms with Gasteiger partial charge in [0.05, 0.1) is 17.4 Å². The van der Waals surface area contributed by atoms with Gasteiger partial charge in [0.2, 0.25) is 10.0 Å². The van der Waals surface area contributed by atoms with E-state index in [1.54, 1.807) is 12.1 Å². The van der Waals surface area contributed by atoms with Gasteiger partial charge in [-0.05, 0) is 56.5 Å². The number of likely N-dealkylation sites (N-methyl/N-ethyl adjacent to an activating group) is 1. The van der Waals surface area contributed by atoms with Crippen molar-refractivity contribution in [2.75, 3.05) is 26.7 Å². The van der Waals surface area contributed by atoms with Crippen molar-refractivity contribution in [2.24, 2.45) is 0 Å². The number of halogens is 1. The largest absolute Gasteiger partial charge is 0.306 e. The standard InChI is InChI=1S/C19H27FN2O3S/c1-22-10-9-15(13-22)14-7-8-18(20)17(11-14)19(23)12-21-26(24,25)16-5-3-2-4-6-16/h7-8,11,15-16,21H,2-6,9-10,12-13H2,1H3. The van der Waals surface area contributed by atoms with Crippen LogP contribution in [0.2, 0.25) is 0 Å². The van der Waals surface area contributed by atoms with Crippen LogP contribution in [0, 0.1) is 5.82 Å². The average Bonchev–Trinajstić information content (AvgIpc) is 3.07. The molecule has 1 saturated heterocycles. The fraction of sp³-hybridized carbons (Fsp3) is 0.632. The molecule has 0 spiro atoms. The van der Waals surface area contributed by atoms with Gasteiger partial charge in [0, 0.05) is 6.54 Å². The lowest BCUT2D eigenvalue weighted by molar-refractivity contribution is 0.0993. The van der Waals surface area contributed by atoms with Gasteiger partial charge >= 0.3 is 0 Å². The fourth-order valence-electron chi connectivity index (χ4n) is 3.97. The summed E-state index contributed by atoms with van der Waals surface area (Å²) in [5, 5.41) is -0.436. The summed E-state index contributed by atoms with van der Waals surface area (Å²) < 4.78 is 41.3. The SMILES string of the molecule is CN1CCC(c2ccc(F)c(C(=O)CNS(=O)(=O)C3CCCCC3)c2)C1. The first-order valence-electron chi connectivity index (χ1n) is 9.36. The van der Waals surface area contributed by atoms with Crippen LogP contribution >= 0.6 is 0 Å². The summed E-state index contributed by atoms with van der Waals surface area (Å²) in [6.07, 6.45) is 5.08. The minimum atomic E-state index is -3.53. The normalized spacial score (nSPS) is 22.6. The number of hydrogen-bond acceptors (Lipinski definition) is 4. The molecule has 1 aliphatic carbocycles. The van der Waals surface area contributed by atoms with Crippen LogP contribution in [0.25, 0.3) is 0 Å². The van der Waals surface area contributed by atoms with Crippen LogP contribution < -0.4 is 4.72 Å². The first kappa shape index (κ1) is 19.5. The molecule has 0 aromatic heterocycles. The molecule has 5 nitrogen and oxygen atoms in total. The molecule has 2 fully saturated rings. The van der Waals surface area contributed by atoms with Crippen molar-refractivity contribution in [3.05, 3.63) is 35.1 Å². The number of benzene rings is 1. The molecule has 0 bridgehead atoms. The van der Waals surface area contributed by atoms with Gasteiger partial charge in [0.1, 0.15) is 5.82 Å². The Labute approximate surface area is 155 Å². The molecule has 1 saturated carbocycles. The van der Waals surface area contributed by atoms with Gasteiger partial charge < -0.3 is 4.90 Å². The van der Waals surface area contributed by atoms with Crippen LogP contribution in [-0.4, -0.2) is 51.0 Å². The van der Waals surface area contributed by atoms with Crippen LogP contribution in [0.1, 0.15) is 60.4 Å². The molecule has 1 aromatic carbocycles. The monoisotopic (exact) mass is 382 g/mol. The third kappa shape index (κ3) is 4.50. The molecule has 7 heteroatoms. The van der Waals surface area contributed by atoms with E-state index in [1.165, 1.54) is 6.07 Å². The van der Waals surface area contributed by atoms with E-state index in [0.29, 0.717) is 12.8 Å². The van der Waals surface area contributed by atoms with Crippen molar-refractivity contribution in [1.29, 1.82) is 0 Å². The molecule has 1 aromatic rings. The zero-order chi connectivity index (χ0) is 18.7. The van der Waals surface area contributed by atoms with Crippen molar-refractivity contribution in [1.82, 2.24) is 9.62 Å². The summed E-state index contributed by atoms with van der Waals surface area (Å²) in [5.74, 6) is -0.830. The number of ketones is 1. The van der Waals surface area contributed by atoms with Gasteiger partial charge in [-0.2, -0.15) is 0 Å². The minimum absolute atomic E-state index is 0.0246. The van der Waals surface area contributed by atoms with E-state index in [0.717, 1.165) is 44.3 Å². The molecule has 1 heterocycles. The summed E-state index contributed by atoms with van der Waals surface area (Å²) in [6.45, 7) is 1.48. The van der Waals surface area contributed by atoms with E-state index >= 15 is 0 Å². The molecule has 3 rings (SSSR count). The second-order valence-electron chi connectivity index (χ2n) is 7.54. The van der Waals surface area contributed by atoms with Crippen molar-refractivity contribution >= 4 is 15.8 Å². The Kier molecular flexibility index (Phi) is 6.10. The molecule has 1 atom stereocenters. The third-order valence-electron chi connectivity index (χ3n) is 5.58. The second-order valence-corrected chi connectivity index (χ2v) is 9.58. The number of sulfonamides is 1. The Hall–Kier alpha value is -1.31. The summed E-state index contributed by atoms with van der Waals surface area (Å²) in [7, 11) is -1.49. The molecular weight excluding hydrogens is 355 g/mol. The van der Waals surface area contributed by atoms with Crippen LogP contribution in [0.5, 0.6) is 0 Å². The number of hydrogen-bond donors (Lipinski definition) is 1. The topological polar surface area (TPSA) is 66.5 Å². The predicted octanol–water partition coefficient (Wildman–Crippen LogP) is 2.68. The smallest absolute Gasteiger partial charge is 0.214 e. The molecule has 0 radical (unpaired) electrons. The minimum Gasteiger partial charge on any atom is -0.306 e. The van der Waals surface area contributed by atoms with Crippen LogP contribution in [0.4, 0.5) is 4.39 Å². The quantitative estimate of drug-likeness (QED) is 0.768. The first-order chi connectivity index (χ1) is 12.4. The summed E-state index contributed by atoms with van der Waals surface area (Å²) >= 11 is 0. The molecule has 1 unspecified atom stereocenters. The number of rotatable bonds is 6. The van der Waals surface area contributed by atoms with E-state index in [2.05, 4.69) is 9.62 Å². The maximum Gasteiger partial charge on any atom is 0.214 e. The van der Waals surface area contributed by atoms with Gasteiger partial charge in [-0.25, -0.2) is 17.5 Å². The molecular formula is C19H27FN2O3S. The summed E-state index contributed by atoms with van der Waals surface area (Å²) in [5.41, 5.74) is 0.914. The lowest BCUT2D eigenvalue weighted by Crippen LogP contribution is -2.38. The summed E-state index contributed by atoms with van der Waals surface area (Å²) in [6, 6.07) is 4.63. The lowest BCUT2D eigenvalue weighted by Gasteiger charge is -2.21. The number of carbonyl (C=O) groups is 1. The van der Waals surface area contributed by atoms with E-state index < -0.39 is 26.9 Å². The molecule has 26 heavy (non-hydrogen) atoms. The summed E-state index contributed by atoms with van der Waals surface area (Å²) in [4.78, 5) is 14.7. The highest BCUT2D eigenvalue weighted by molar-refractivity contribution is 7.90. The van der Waals surface area contributed by atoms with Gasteiger partial charge in [0.15, 0.2) is 5.78 Å². The lowest BCUT2D eigenvalue weighted by atomic mass is 9.95. The van der Waals surface area contributed by atoms with Crippen LogP contribution in [0.3, 0.4) is 0 Å². The molecule has 2 aliphatic rings. The number of nitrogens with zero attached hydrogens (tertiary/aromatic N) is 1.